The van der Waals surface area contributed by atoms with Gasteiger partial charge < -0.3 is 20.7 Å². The number of hydrogen-bond acceptors (Lipinski definition) is 5. The Morgan fingerprint density at radius 1 is 1.38 bits per heavy atom. The van der Waals surface area contributed by atoms with Gasteiger partial charge >= 0.3 is 0 Å². The van der Waals surface area contributed by atoms with Crippen LogP contribution in [0.15, 0.2) is 24.3 Å². The highest BCUT2D eigenvalue weighted by Gasteiger charge is 2.33. The topological polar surface area (TPSA) is 79.0 Å². The molecule has 2 rings (SSSR count). The van der Waals surface area contributed by atoms with E-state index >= 15 is 0 Å². The first kappa shape index (κ1) is 16.4. The summed E-state index contributed by atoms with van der Waals surface area (Å²) in [6, 6.07) is 7.72. The van der Waals surface area contributed by atoms with E-state index in [1.165, 1.54) is 0 Å². The van der Waals surface area contributed by atoms with Crippen molar-refractivity contribution >= 4 is 0 Å². The Hall–Kier alpha value is -0.980. The van der Waals surface area contributed by atoms with Crippen LogP contribution in [-0.2, 0) is 11.3 Å². The number of hydrogen-bond donors (Lipinski definition) is 3. The molecule has 0 radical (unpaired) electrons. The minimum absolute atomic E-state index is 0.00121. The molecule has 118 valence electrons. The predicted molar refractivity (Wildman–Crippen MR) is 81.8 cm³/mol. The van der Waals surface area contributed by atoms with Gasteiger partial charge in [0.2, 0.25) is 0 Å². The van der Waals surface area contributed by atoms with Crippen molar-refractivity contribution in [3.63, 3.8) is 0 Å². The lowest BCUT2D eigenvalue weighted by Crippen LogP contribution is -2.54. The van der Waals surface area contributed by atoms with Crippen molar-refractivity contribution in [2.24, 2.45) is 5.73 Å². The van der Waals surface area contributed by atoms with E-state index < -0.39 is 6.10 Å². The molecular formula is C16H26N2O3. The molecule has 1 heterocycles. The van der Waals surface area contributed by atoms with Crippen molar-refractivity contribution in [3.8, 4) is 0 Å². The van der Waals surface area contributed by atoms with E-state index in [0.29, 0.717) is 19.6 Å². The van der Waals surface area contributed by atoms with Gasteiger partial charge in [-0.2, -0.15) is 0 Å². The summed E-state index contributed by atoms with van der Waals surface area (Å²) in [6.07, 6.45) is -0.745. The Labute approximate surface area is 126 Å². The summed E-state index contributed by atoms with van der Waals surface area (Å²) in [5, 5.41) is 19.7. The minimum atomic E-state index is -0.551. The van der Waals surface area contributed by atoms with Crippen molar-refractivity contribution in [2.75, 3.05) is 26.2 Å². The summed E-state index contributed by atoms with van der Waals surface area (Å²) in [4.78, 5) is 2.14. The lowest BCUT2D eigenvalue weighted by molar-refractivity contribution is -0.153. The standard InChI is InChI=1S/C16H26N2O3/c1-16(2)11-18(8-14(10-19)21-16)9-15(20)13-5-3-12(7-17)4-6-13/h3-6,14-15,19-20H,7-11,17H2,1-2H3. The number of β-amino-alcohol motifs (C(OH)–C–C–N with tert-alkyl or cyclic N) is 1. The third kappa shape index (κ3) is 4.49. The second-order valence-electron chi connectivity index (χ2n) is 6.34. The van der Waals surface area contributed by atoms with E-state index in [1.54, 1.807) is 0 Å². The predicted octanol–water partition coefficient (Wildman–Crippen LogP) is 0.650. The van der Waals surface area contributed by atoms with Gasteiger partial charge in [-0.1, -0.05) is 24.3 Å². The van der Waals surface area contributed by atoms with E-state index in [-0.39, 0.29) is 18.3 Å². The van der Waals surface area contributed by atoms with Crippen LogP contribution in [0.5, 0.6) is 0 Å². The largest absolute Gasteiger partial charge is 0.394 e. The van der Waals surface area contributed by atoms with E-state index in [1.807, 2.05) is 38.1 Å². The molecular weight excluding hydrogens is 268 g/mol. The SMILES string of the molecule is CC1(C)CN(CC(O)c2ccc(CN)cc2)CC(CO)O1. The van der Waals surface area contributed by atoms with Gasteiger partial charge in [0.1, 0.15) is 0 Å². The van der Waals surface area contributed by atoms with Crippen molar-refractivity contribution in [1.29, 1.82) is 0 Å². The number of morpholine rings is 1. The third-order valence-corrected chi connectivity index (χ3v) is 3.79. The summed E-state index contributed by atoms with van der Waals surface area (Å²) < 4.78 is 5.78. The second-order valence-corrected chi connectivity index (χ2v) is 6.34. The maximum atomic E-state index is 10.4. The van der Waals surface area contributed by atoms with Gasteiger partial charge in [0, 0.05) is 26.2 Å². The molecule has 0 aliphatic carbocycles. The van der Waals surface area contributed by atoms with Crippen molar-refractivity contribution < 1.29 is 14.9 Å². The Bertz CT molecular complexity index is 447. The van der Waals surface area contributed by atoms with Crippen LogP contribution in [0.25, 0.3) is 0 Å². The number of rotatable bonds is 5. The van der Waals surface area contributed by atoms with Crippen LogP contribution in [0.2, 0.25) is 0 Å². The normalized spacial score (nSPS) is 24.0. The molecule has 5 nitrogen and oxygen atoms in total. The molecule has 4 N–H and O–H groups in total. The first-order valence-electron chi connectivity index (χ1n) is 7.41. The Balaban J connectivity index is 1.98. The zero-order valence-electron chi connectivity index (χ0n) is 12.8. The van der Waals surface area contributed by atoms with Crippen LogP contribution >= 0.6 is 0 Å². The fraction of sp³-hybridized carbons (Fsp3) is 0.625. The summed E-state index contributed by atoms with van der Waals surface area (Å²) in [6.45, 7) is 6.42. The molecule has 1 aromatic rings. The highest BCUT2D eigenvalue weighted by Crippen LogP contribution is 2.23. The summed E-state index contributed by atoms with van der Waals surface area (Å²) in [5.41, 5.74) is 7.21. The minimum Gasteiger partial charge on any atom is -0.394 e. The monoisotopic (exact) mass is 294 g/mol. The number of aliphatic hydroxyl groups excluding tert-OH is 2. The quantitative estimate of drug-likeness (QED) is 0.743. The van der Waals surface area contributed by atoms with Crippen LogP contribution in [0.4, 0.5) is 0 Å². The van der Waals surface area contributed by atoms with Gasteiger partial charge in [-0.15, -0.1) is 0 Å². The fourth-order valence-electron chi connectivity index (χ4n) is 2.88. The van der Waals surface area contributed by atoms with Crippen LogP contribution in [0.3, 0.4) is 0 Å². The molecule has 1 saturated heterocycles. The van der Waals surface area contributed by atoms with Crippen molar-refractivity contribution in [3.05, 3.63) is 35.4 Å². The van der Waals surface area contributed by atoms with Crippen LogP contribution in [0, 0.1) is 0 Å². The molecule has 0 amide bonds. The maximum Gasteiger partial charge on any atom is 0.0940 e. The molecule has 1 aliphatic rings. The van der Waals surface area contributed by atoms with Crippen LogP contribution in [-0.4, -0.2) is 53.1 Å². The number of benzene rings is 1. The van der Waals surface area contributed by atoms with E-state index in [2.05, 4.69) is 4.90 Å². The molecule has 0 saturated carbocycles. The Morgan fingerprint density at radius 2 is 2.05 bits per heavy atom. The van der Waals surface area contributed by atoms with Gasteiger partial charge in [0.15, 0.2) is 0 Å². The molecule has 5 heteroatoms. The van der Waals surface area contributed by atoms with Gasteiger partial charge in [-0.3, -0.25) is 4.90 Å². The lowest BCUT2D eigenvalue weighted by Gasteiger charge is -2.42. The zero-order chi connectivity index (χ0) is 15.5. The summed E-state index contributed by atoms with van der Waals surface area (Å²) >= 11 is 0. The maximum absolute atomic E-state index is 10.4. The van der Waals surface area contributed by atoms with E-state index in [9.17, 15) is 10.2 Å². The highest BCUT2D eigenvalue weighted by molar-refractivity contribution is 5.24. The van der Waals surface area contributed by atoms with Gasteiger partial charge in [0.05, 0.1) is 24.4 Å². The smallest absolute Gasteiger partial charge is 0.0940 e. The van der Waals surface area contributed by atoms with Crippen LogP contribution < -0.4 is 5.73 Å². The molecule has 1 aliphatic heterocycles. The van der Waals surface area contributed by atoms with Gasteiger partial charge in [-0.05, 0) is 25.0 Å². The van der Waals surface area contributed by atoms with Crippen molar-refractivity contribution in [1.82, 2.24) is 4.90 Å². The molecule has 2 unspecified atom stereocenters. The Morgan fingerprint density at radius 3 is 2.62 bits per heavy atom. The second kappa shape index (κ2) is 6.85. The number of nitrogens with zero attached hydrogens (tertiary/aromatic N) is 1. The molecule has 0 spiro atoms. The van der Waals surface area contributed by atoms with E-state index in [0.717, 1.165) is 17.7 Å². The average molecular weight is 294 g/mol. The summed E-state index contributed by atoms with van der Waals surface area (Å²) in [7, 11) is 0. The first-order chi connectivity index (χ1) is 9.93. The molecule has 2 atom stereocenters. The highest BCUT2D eigenvalue weighted by atomic mass is 16.5. The molecule has 0 bridgehead atoms. The van der Waals surface area contributed by atoms with E-state index in [4.69, 9.17) is 10.5 Å². The number of aliphatic hydroxyl groups is 2. The van der Waals surface area contributed by atoms with Gasteiger partial charge in [0.25, 0.3) is 0 Å². The summed E-state index contributed by atoms with van der Waals surface area (Å²) in [5.74, 6) is 0. The lowest BCUT2D eigenvalue weighted by atomic mass is 10.0. The molecule has 21 heavy (non-hydrogen) atoms. The zero-order valence-corrected chi connectivity index (χ0v) is 12.8. The molecule has 1 aromatic carbocycles. The fourth-order valence-corrected chi connectivity index (χ4v) is 2.88. The van der Waals surface area contributed by atoms with Crippen LogP contribution in [0.1, 0.15) is 31.1 Å². The first-order valence-corrected chi connectivity index (χ1v) is 7.41. The number of nitrogens with two attached hydrogens (primary N) is 1. The number of ether oxygens (including phenoxy) is 1. The Kier molecular flexibility index (Phi) is 5.35. The van der Waals surface area contributed by atoms with Crippen molar-refractivity contribution in [2.45, 2.75) is 38.2 Å². The van der Waals surface area contributed by atoms with Gasteiger partial charge in [-0.25, -0.2) is 0 Å². The molecule has 1 fully saturated rings. The third-order valence-electron chi connectivity index (χ3n) is 3.79. The molecule has 0 aromatic heterocycles. The average Bonchev–Trinajstić information content (AvgIpc) is 2.45.